The van der Waals surface area contributed by atoms with E-state index in [4.69, 9.17) is 15.0 Å². The number of carbonyl (C=O) groups is 1. The van der Waals surface area contributed by atoms with Gasteiger partial charge in [-0.3, -0.25) is 4.79 Å². The second-order valence-corrected chi connectivity index (χ2v) is 10.7. The minimum Gasteiger partial charge on any atom is -0.477 e. The zero-order valence-corrected chi connectivity index (χ0v) is 22.2. The van der Waals surface area contributed by atoms with Crippen molar-refractivity contribution < 1.29 is 9.53 Å². The number of para-hydroxylation sites is 1. The highest BCUT2D eigenvalue weighted by atomic mass is 127. The van der Waals surface area contributed by atoms with Gasteiger partial charge in [0.25, 0.3) is 5.91 Å². The monoisotopic (exact) mass is 667 g/mol. The summed E-state index contributed by atoms with van der Waals surface area (Å²) >= 11 is 6.05. The predicted octanol–water partition coefficient (Wildman–Crippen LogP) is 6.74. The summed E-state index contributed by atoms with van der Waals surface area (Å²) in [5.41, 5.74) is 3.35. The third kappa shape index (κ3) is 5.32. The van der Waals surface area contributed by atoms with E-state index in [2.05, 4.69) is 50.5 Å². The molecule has 0 aliphatic heterocycles. The van der Waals surface area contributed by atoms with Crippen LogP contribution in [0.15, 0.2) is 47.5 Å². The Morgan fingerprint density at radius 1 is 1.22 bits per heavy atom. The molecule has 0 radical (unpaired) electrons. The van der Waals surface area contributed by atoms with Crippen LogP contribution in [0.3, 0.4) is 0 Å². The highest BCUT2D eigenvalue weighted by Crippen LogP contribution is 2.40. The van der Waals surface area contributed by atoms with Crippen molar-refractivity contribution in [3.8, 4) is 11.8 Å². The molecule has 1 amide bonds. The van der Waals surface area contributed by atoms with Crippen LogP contribution < -0.4 is 10.1 Å². The van der Waals surface area contributed by atoms with Crippen LogP contribution >= 0.6 is 56.5 Å². The molecule has 2 aromatic carbocycles. The number of aliphatic imine (C=N–C) groups is 1. The molecule has 1 aromatic heterocycles. The van der Waals surface area contributed by atoms with Gasteiger partial charge in [0.1, 0.15) is 16.8 Å². The lowest BCUT2D eigenvalue weighted by molar-refractivity contribution is 0.102. The molecule has 1 aliphatic rings. The van der Waals surface area contributed by atoms with Gasteiger partial charge in [0.15, 0.2) is 6.61 Å². The zero-order chi connectivity index (χ0) is 22.5. The number of benzene rings is 2. The van der Waals surface area contributed by atoms with E-state index in [1.807, 2.05) is 48.5 Å². The van der Waals surface area contributed by atoms with Gasteiger partial charge in [-0.2, -0.15) is 5.26 Å². The highest BCUT2D eigenvalue weighted by molar-refractivity contribution is 14.1. The second kappa shape index (κ2) is 10.8. The average Bonchev–Trinajstić information content (AvgIpc) is 3.16. The first-order valence-corrected chi connectivity index (χ1v) is 13.1. The molecule has 0 fully saturated rings. The van der Waals surface area contributed by atoms with Crippen molar-refractivity contribution in [3.63, 3.8) is 0 Å². The lowest BCUT2D eigenvalue weighted by atomic mass is 9.95. The van der Waals surface area contributed by atoms with Crippen LogP contribution in [0.5, 0.6) is 5.75 Å². The standard InChI is InChI=1S/C24H19I2N3O2S/c25-16-12-15(22(19(26)13-16)31-11-10-27)14-28-24-21(18-8-4-5-9-20(18)32-24)23(30)29-17-6-2-1-3-7-17/h1-3,6-7,12-14H,4-5,8-9,11H2,(H,29,30). The number of amides is 1. The molecule has 0 unspecified atom stereocenters. The summed E-state index contributed by atoms with van der Waals surface area (Å²) in [7, 11) is 0. The van der Waals surface area contributed by atoms with Gasteiger partial charge in [-0.05, 0) is 101 Å². The van der Waals surface area contributed by atoms with Gasteiger partial charge in [-0.15, -0.1) is 11.3 Å². The molecule has 0 atom stereocenters. The van der Waals surface area contributed by atoms with E-state index in [1.165, 1.54) is 4.88 Å². The number of rotatable bonds is 6. The topological polar surface area (TPSA) is 74.5 Å². The Morgan fingerprint density at radius 3 is 2.78 bits per heavy atom. The van der Waals surface area contributed by atoms with Crippen molar-refractivity contribution in [1.29, 1.82) is 5.26 Å². The number of nitrogens with one attached hydrogen (secondary N) is 1. The molecule has 8 heteroatoms. The Morgan fingerprint density at radius 2 is 2.00 bits per heavy atom. The van der Waals surface area contributed by atoms with Crippen LogP contribution in [-0.4, -0.2) is 18.7 Å². The molecule has 0 spiro atoms. The summed E-state index contributed by atoms with van der Waals surface area (Å²) in [6, 6.07) is 15.5. The first-order chi connectivity index (χ1) is 15.6. The molecule has 0 bridgehead atoms. The van der Waals surface area contributed by atoms with Gasteiger partial charge < -0.3 is 10.1 Å². The molecular formula is C24H19I2N3O2S. The maximum Gasteiger partial charge on any atom is 0.259 e. The molecular weight excluding hydrogens is 648 g/mol. The number of carbonyl (C=O) groups excluding carboxylic acids is 1. The summed E-state index contributed by atoms with van der Waals surface area (Å²) in [6.45, 7) is -0.0323. The maximum absolute atomic E-state index is 13.3. The molecule has 1 N–H and O–H groups in total. The Labute approximate surface area is 218 Å². The minimum atomic E-state index is -0.124. The number of halogens is 2. The molecule has 162 valence electrons. The fourth-order valence-corrected chi connectivity index (χ4v) is 6.93. The molecule has 0 saturated heterocycles. The summed E-state index contributed by atoms with van der Waals surface area (Å²) in [6.07, 6.45) is 5.85. The van der Waals surface area contributed by atoms with E-state index >= 15 is 0 Å². The number of hydrogen-bond acceptors (Lipinski definition) is 5. The Balaban J connectivity index is 1.72. The highest BCUT2D eigenvalue weighted by Gasteiger charge is 2.25. The average molecular weight is 667 g/mol. The number of hydrogen-bond donors (Lipinski definition) is 1. The van der Waals surface area contributed by atoms with Crippen molar-refractivity contribution in [2.24, 2.45) is 4.99 Å². The Bertz CT molecular complexity index is 1220. The van der Waals surface area contributed by atoms with E-state index in [1.54, 1.807) is 17.6 Å². The molecule has 32 heavy (non-hydrogen) atoms. The number of nitriles is 1. The molecule has 1 heterocycles. The fraction of sp³-hybridized carbons (Fsp3) is 0.208. The summed E-state index contributed by atoms with van der Waals surface area (Å²) < 4.78 is 7.62. The van der Waals surface area contributed by atoms with Crippen molar-refractivity contribution in [3.05, 3.63) is 71.2 Å². The lowest BCUT2D eigenvalue weighted by Crippen LogP contribution is -2.14. The van der Waals surface area contributed by atoms with Gasteiger partial charge in [-0.1, -0.05) is 18.2 Å². The van der Waals surface area contributed by atoms with Gasteiger partial charge in [-0.25, -0.2) is 4.99 Å². The molecule has 0 saturated carbocycles. The predicted molar refractivity (Wildman–Crippen MR) is 146 cm³/mol. The van der Waals surface area contributed by atoms with Crippen molar-refractivity contribution in [2.45, 2.75) is 25.7 Å². The molecule has 3 aromatic rings. The third-order valence-corrected chi connectivity index (χ3v) is 7.67. The van der Waals surface area contributed by atoms with E-state index in [0.717, 1.165) is 49.6 Å². The smallest absolute Gasteiger partial charge is 0.259 e. The van der Waals surface area contributed by atoms with Crippen molar-refractivity contribution in [1.82, 2.24) is 0 Å². The number of ether oxygens (including phenoxy) is 1. The van der Waals surface area contributed by atoms with E-state index < -0.39 is 0 Å². The summed E-state index contributed by atoms with van der Waals surface area (Å²) in [5, 5.41) is 12.7. The first kappa shape index (κ1) is 23.2. The third-order valence-electron chi connectivity index (χ3n) is 5.05. The van der Waals surface area contributed by atoms with Crippen LogP contribution in [0, 0.1) is 18.5 Å². The van der Waals surface area contributed by atoms with Crippen molar-refractivity contribution >= 4 is 79.3 Å². The van der Waals surface area contributed by atoms with Crippen LogP contribution in [-0.2, 0) is 12.8 Å². The van der Waals surface area contributed by atoms with Crippen molar-refractivity contribution in [2.75, 3.05) is 11.9 Å². The number of aryl methyl sites for hydroxylation is 1. The van der Waals surface area contributed by atoms with Gasteiger partial charge in [0.2, 0.25) is 0 Å². The minimum absolute atomic E-state index is 0.0323. The number of anilines is 1. The van der Waals surface area contributed by atoms with Crippen LogP contribution in [0.1, 0.15) is 39.2 Å². The number of fused-ring (bicyclic) bond motifs is 1. The lowest BCUT2D eigenvalue weighted by Gasteiger charge is -2.13. The summed E-state index contributed by atoms with van der Waals surface area (Å²) in [4.78, 5) is 19.3. The van der Waals surface area contributed by atoms with Crippen LogP contribution in [0.25, 0.3) is 0 Å². The largest absolute Gasteiger partial charge is 0.477 e. The molecule has 4 rings (SSSR count). The van der Waals surface area contributed by atoms with E-state index in [-0.39, 0.29) is 12.5 Å². The second-order valence-electron chi connectivity index (χ2n) is 7.22. The SMILES string of the molecule is N#CCOc1c(I)cc(I)cc1C=Nc1sc2c(c1C(=O)Nc1ccccc1)CCCC2. The van der Waals surface area contributed by atoms with Crippen LogP contribution in [0.2, 0.25) is 0 Å². The Hall–Kier alpha value is -1.97. The molecule has 1 aliphatic carbocycles. The Kier molecular flexibility index (Phi) is 7.80. The maximum atomic E-state index is 13.3. The quantitative estimate of drug-likeness (QED) is 0.234. The van der Waals surface area contributed by atoms with Gasteiger partial charge >= 0.3 is 0 Å². The normalized spacial score (nSPS) is 12.9. The summed E-state index contributed by atoms with van der Waals surface area (Å²) in [5.74, 6) is 0.508. The zero-order valence-electron chi connectivity index (χ0n) is 17.0. The first-order valence-electron chi connectivity index (χ1n) is 10.1. The van der Waals surface area contributed by atoms with E-state index in [9.17, 15) is 4.79 Å². The van der Waals surface area contributed by atoms with E-state index in [0.29, 0.717) is 16.3 Å². The molecule has 5 nitrogen and oxygen atoms in total. The van der Waals surface area contributed by atoms with Gasteiger partial charge in [0.05, 0.1) is 9.13 Å². The fourth-order valence-electron chi connectivity index (χ4n) is 3.65. The van der Waals surface area contributed by atoms with Gasteiger partial charge in [0, 0.05) is 25.9 Å². The number of thiophene rings is 1. The number of nitrogens with zero attached hydrogens (tertiary/aromatic N) is 2. The van der Waals surface area contributed by atoms with Crippen LogP contribution in [0.4, 0.5) is 10.7 Å².